The molecule has 1 aromatic heterocycles. The number of carbonyl (C=O) groups excluding carboxylic acids is 1. The first-order valence-corrected chi connectivity index (χ1v) is 9.13. The molecule has 0 spiro atoms. The number of nitrogens with zero attached hydrogens (tertiary/aromatic N) is 2. The largest absolute Gasteiger partial charge is 0.341 e. The zero-order valence-corrected chi connectivity index (χ0v) is 13.5. The molecule has 5 nitrogen and oxygen atoms in total. The summed E-state index contributed by atoms with van der Waals surface area (Å²) >= 11 is 1.20. The summed E-state index contributed by atoms with van der Waals surface area (Å²) in [6.45, 7) is 3.52. The fourth-order valence-electron chi connectivity index (χ4n) is 2.22. The second-order valence-corrected chi connectivity index (χ2v) is 7.72. The fourth-order valence-corrected chi connectivity index (χ4v) is 5.12. The maximum Gasteiger partial charge on any atom is 0.265 e. The topological polar surface area (TPSA) is 57.7 Å². The van der Waals surface area contributed by atoms with Crippen LogP contribution in [-0.2, 0) is 10.0 Å². The first kappa shape index (κ1) is 15.5. The van der Waals surface area contributed by atoms with Gasteiger partial charge in [-0.1, -0.05) is 6.42 Å². The Morgan fingerprint density at radius 1 is 1.35 bits per heavy atom. The van der Waals surface area contributed by atoms with Gasteiger partial charge in [0.1, 0.15) is 9.77 Å². The van der Waals surface area contributed by atoms with Crippen LogP contribution < -0.4 is 0 Å². The highest BCUT2D eigenvalue weighted by molar-refractivity contribution is 7.89. The smallest absolute Gasteiger partial charge is 0.265 e. The Bertz CT molecular complexity index is 574. The predicted molar refractivity (Wildman–Crippen MR) is 79.6 cm³/mol. The Hall–Kier alpha value is -0.920. The van der Waals surface area contributed by atoms with E-state index in [0.717, 1.165) is 19.3 Å². The zero-order valence-electron chi connectivity index (χ0n) is 11.8. The number of amides is 1. The van der Waals surface area contributed by atoms with E-state index in [1.807, 2.05) is 6.92 Å². The van der Waals surface area contributed by atoms with Crippen molar-refractivity contribution in [3.63, 3.8) is 0 Å². The summed E-state index contributed by atoms with van der Waals surface area (Å²) in [6, 6.07) is 1.55. The van der Waals surface area contributed by atoms with Crippen molar-refractivity contribution < 1.29 is 13.2 Å². The quantitative estimate of drug-likeness (QED) is 0.854. The molecule has 0 atom stereocenters. The van der Waals surface area contributed by atoms with E-state index in [-0.39, 0.29) is 10.8 Å². The van der Waals surface area contributed by atoms with Crippen molar-refractivity contribution >= 4 is 27.3 Å². The van der Waals surface area contributed by atoms with Gasteiger partial charge in [-0.25, -0.2) is 8.42 Å². The van der Waals surface area contributed by atoms with Crippen molar-refractivity contribution in [3.05, 3.63) is 16.3 Å². The monoisotopic (exact) mass is 316 g/mol. The molecule has 20 heavy (non-hydrogen) atoms. The molecule has 1 aromatic rings. The normalized spacial score (nSPS) is 17.1. The standard InChI is InChI=1S/C13H20N2O3S2/c1-3-14(2)13(16)12-11(7-10-19-12)20(17,18)15-8-5-4-6-9-15/h7,10H,3-6,8-9H2,1-2H3. The van der Waals surface area contributed by atoms with Crippen LogP contribution in [0.4, 0.5) is 0 Å². The lowest BCUT2D eigenvalue weighted by Gasteiger charge is -2.26. The van der Waals surface area contributed by atoms with Crippen LogP contribution in [-0.4, -0.2) is 50.2 Å². The number of hydrogen-bond acceptors (Lipinski definition) is 4. The van der Waals surface area contributed by atoms with Crippen LogP contribution in [0.3, 0.4) is 0 Å². The average molecular weight is 316 g/mol. The summed E-state index contributed by atoms with van der Waals surface area (Å²) in [4.78, 5) is 14.3. The van der Waals surface area contributed by atoms with Gasteiger partial charge in [0.05, 0.1) is 0 Å². The maximum atomic E-state index is 12.6. The summed E-state index contributed by atoms with van der Waals surface area (Å²) < 4.78 is 26.8. The highest BCUT2D eigenvalue weighted by Crippen LogP contribution is 2.28. The summed E-state index contributed by atoms with van der Waals surface area (Å²) in [5.41, 5.74) is 0. The van der Waals surface area contributed by atoms with Crippen LogP contribution in [0.5, 0.6) is 0 Å². The Kier molecular flexibility index (Phi) is 4.82. The van der Waals surface area contributed by atoms with Gasteiger partial charge in [-0.3, -0.25) is 4.79 Å². The molecule has 0 radical (unpaired) electrons. The molecule has 112 valence electrons. The lowest BCUT2D eigenvalue weighted by Crippen LogP contribution is -2.36. The second kappa shape index (κ2) is 6.24. The lowest BCUT2D eigenvalue weighted by molar-refractivity contribution is 0.0803. The molecule has 0 bridgehead atoms. The molecule has 1 aliphatic heterocycles. The molecule has 0 aromatic carbocycles. The first-order valence-electron chi connectivity index (χ1n) is 6.81. The minimum atomic E-state index is -3.54. The third-order valence-corrected chi connectivity index (χ3v) is 6.55. The van der Waals surface area contributed by atoms with Crippen molar-refractivity contribution in [1.82, 2.24) is 9.21 Å². The molecular weight excluding hydrogens is 296 g/mol. The van der Waals surface area contributed by atoms with E-state index in [1.54, 1.807) is 18.5 Å². The molecule has 7 heteroatoms. The van der Waals surface area contributed by atoms with Crippen molar-refractivity contribution in [1.29, 1.82) is 0 Å². The molecule has 1 fully saturated rings. The maximum absolute atomic E-state index is 12.6. The van der Waals surface area contributed by atoms with E-state index in [2.05, 4.69) is 0 Å². The van der Waals surface area contributed by atoms with Crippen molar-refractivity contribution in [2.75, 3.05) is 26.7 Å². The van der Waals surface area contributed by atoms with Crippen LogP contribution >= 0.6 is 11.3 Å². The molecule has 2 rings (SSSR count). The SMILES string of the molecule is CCN(C)C(=O)c1sccc1S(=O)(=O)N1CCCCC1. The van der Waals surface area contributed by atoms with Gasteiger partial charge < -0.3 is 4.90 Å². The Labute approximate surface area is 124 Å². The van der Waals surface area contributed by atoms with Gasteiger partial charge in [-0.2, -0.15) is 4.31 Å². The minimum absolute atomic E-state index is 0.162. The van der Waals surface area contributed by atoms with Crippen LogP contribution in [0.15, 0.2) is 16.3 Å². The number of sulfonamides is 1. The van der Waals surface area contributed by atoms with E-state index in [1.165, 1.54) is 20.5 Å². The third kappa shape index (κ3) is 2.89. The van der Waals surface area contributed by atoms with E-state index in [4.69, 9.17) is 0 Å². The highest BCUT2D eigenvalue weighted by atomic mass is 32.2. The summed E-state index contributed by atoms with van der Waals surface area (Å²) in [7, 11) is -1.86. The molecular formula is C13H20N2O3S2. The van der Waals surface area contributed by atoms with E-state index in [0.29, 0.717) is 24.5 Å². The molecule has 0 aliphatic carbocycles. The molecule has 0 unspecified atom stereocenters. The zero-order chi connectivity index (χ0) is 14.8. The van der Waals surface area contributed by atoms with Crippen LogP contribution in [0.1, 0.15) is 35.9 Å². The summed E-state index contributed by atoms with van der Waals surface area (Å²) in [5, 5.41) is 1.67. The van der Waals surface area contributed by atoms with Crippen LogP contribution in [0.25, 0.3) is 0 Å². The Balaban J connectivity index is 2.33. The Morgan fingerprint density at radius 3 is 2.60 bits per heavy atom. The summed E-state index contributed by atoms with van der Waals surface area (Å²) in [5.74, 6) is -0.224. The van der Waals surface area contributed by atoms with E-state index < -0.39 is 10.0 Å². The number of carbonyl (C=O) groups is 1. The van der Waals surface area contributed by atoms with Crippen molar-refractivity contribution in [2.24, 2.45) is 0 Å². The molecule has 0 saturated carbocycles. The molecule has 2 heterocycles. The average Bonchev–Trinajstić information content (AvgIpc) is 2.96. The van der Waals surface area contributed by atoms with Gasteiger partial charge in [0.15, 0.2) is 0 Å². The summed E-state index contributed by atoms with van der Waals surface area (Å²) in [6.07, 6.45) is 2.85. The number of thiophene rings is 1. The van der Waals surface area contributed by atoms with Crippen molar-refractivity contribution in [3.8, 4) is 0 Å². The van der Waals surface area contributed by atoms with Gasteiger partial charge >= 0.3 is 0 Å². The van der Waals surface area contributed by atoms with E-state index >= 15 is 0 Å². The second-order valence-electron chi connectivity index (χ2n) is 4.90. The molecule has 1 aliphatic rings. The predicted octanol–water partition coefficient (Wildman–Crippen LogP) is 2.01. The first-order chi connectivity index (χ1) is 9.48. The Morgan fingerprint density at radius 2 is 2.00 bits per heavy atom. The highest BCUT2D eigenvalue weighted by Gasteiger charge is 2.31. The molecule has 1 amide bonds. The fraction of sp³-hybridized carbons (Fsp3) is 0.615. The van der Waals surface area contributed by atoms with Gasteiger partial charge in [0.25, 0.3) is 5.91 Å². The third-order valence-electron chi connectivity index (χ3n) is 3.58. The minimum Gasteiger partial charge on any atom is -0.341 e. The molecule has 0 N–H and O–H groups in total. The van der Waals surface area contributed by atoms with Gasteiger partial charge in [0.2, 0.25) is 10.0 Å². The van der Waals surface area contributed by atoms with E-state index in [9.17, 15) is 13.2 Å². The van der Waals surface area contributed by atoms with Crippen LogP contribution in [0.2, 0.25) is 0 Å². The number of piperidine rings is 1. The van der Waals surface area contributed by atoms with Gasteiger partial charge in [-0.05, 0) is 31.2 Å². The van der Waals surface area contributed by atoms with Gasteiger partial charge in [0, 0.05) is 26.7 Å². The van der Waals surface area contributed by atoms with Crippen molar-refractivity contribution in [2.45, 2.75) is 31.1 Å². The van der Waals surface area contributed by atoms with Gasteiger partial charge in [-0.15, -0.1) is 11.3 Å². The lowest BCUT2D eigenvalue weighted by atomic mass is 10.2. The number of rotatable bonds is 4. The number of hydrogen-bond donors (Lipinski definition) is 0. The van der Waals surface area contributed by atoms with Crippen LogP contribution in [0, 0.1) is 0 Å². The molecule has 1 saturated heterocycles.